The molecular formula is C9H16N3+. The Morgan fingerprint density at radius 1 is 1.58 bits per heavy atom. The van der Waals surface area contributed by atoms with Crippen molar-refractivity contribution in [1.82, 2.24) is 5.32 Å². The van der Waals surface area contributed by atoms with Gasteiger partial charge in [-0.25, -0.2) is 0 Å². The van der Waals surface area contributed by atoms with Gasteiger partial charge in [-0.1, -0.05) is 6.58 Å². The molecule has 1 N–H and O–H groups in total. The van der Waals surface area contributed by atoms with Crippen molar-refractivity contribution in [3.8, 4) is 6.07 Å². The van der Waals surface area contributed by atoms with Crippen molar-refractivity contribution in [2.75, 3.05) is 39.8 Å². The van der Waals surface area contributed by atoms with Crippen molar-refractivity contribution in [2.45, 2.75) is 0 Å². The second kappa shape index (κ2) is 3.70. The van der Waals surface area contributed by atoms with Gasteiger partial charge >= 0.3 is 0 Å². The van der Waals surface area contributed by atoms with Crippen LogP contribution in [0.3, 0.4) is 0 Å². The quantitative estimate of drug-likeness (QED) is 0.467. The number of piperazine rings is 1. The summed E-state index contributed by atoms with van der Waals surface area (Å²) >= 11 is 0. The van der Waals surface area contributed by atoms with Gasteiger partial charge in [0, 0.05) is 13.1 Å². The highest BCUT2D eigenvalue weighted by Gasteiger charge is 2.24. The molecule has 1 rings (SSSR count). The van der Waals surface area contributed by atoms with Gasteiger partial charge < -0.3 is 9.80 Å². The minimum atomic E-state index is 0.694. The van der Waals surface area contributed by atoms with E-state index in [-0.39, 0.29) is 0 Å². The van der Waals surface area contributed by atoms with Gasteiger partial charge in [-0.15, -0.1) is 0 Å². The maximum Gasteiger partial charge on any atom is 0.114 e. The molecule has 0 unspecified atom stereocenters. The van der Waals surface area contributed by atoms with Crippen molar-refractivity contribution < 1.29 is 4.48 Å². The summed E-state index contributed by atoms with van der Waals surface area (Å²) in [5.74, 6) is 0. The molecule has 0 atom stereocenters. The topological polar surface area (TPSA) is 35.8 Å². The molecule has 0 aromatic carbocycles. The number of hydrogen-bond acceptors (Lipinski definition) is 2. The number of hydrogen-bond donors (Lipinski definition) is 1. The summed E-state index contributed by atoms with van der Waals surface area (Å²) < 4.78 is 0.958. The molecule has 0 saturated carbocycles. The fraction of sp³-hybridized carbons (Fsp3) is 0.667. The van der Waals surface area contributed by atoms with Gasteiger partial charge in [0.05, 0.1) is 31.8 Å². The Balaban J connectivity index is 2.48. The third-order valence-corrected chi connectivity index (χ3v) is 2.39. The molecule has 0 aromatic heterocycles. The molecule has 1 fully saturated rings. The molecule has 1 aliphatic heterocycles. The molecule has 12 heavy (non-hydrogen) atoms. The molecule has 3 heteroatoms. The molecule has 1 heterocycles. The molecule has 1 aliphatic rings. The van der Waals surface area contributed by atoms with E-state index in [2.05, 4.69) is 25.0 Å². The van der Waals surface area contributed by atoms with Crippen LogP contribution in [0.25, 0.3) is 0 Å². The van der Waals surface area contributed by atoms with Gasteiger partial charge in [0.2, 0.25) is 0 Å². The number of likely N-dealkylation sites (N-methyl/N-ethyl adjacent to an activating group) is 1. The van der Waals surface area contributed by atoms with Gasteiger partial charge in [-0.05, 0) is 0 Å². The SMILES string of the molecule is C=C(C#N)C[N+]1(C)CCNCC1. The highest BCUT2D eigenvalue weighted by Crippen LogP contribution is 2.07. The van der Waals surface area contributed by atoms with Crippen molar-refractivity contribution in [2.24, 2.45) is 0 Å². The van der Waals surface area contributed by atoms with E-state index in [0.717, 1.165) is 37.2 Å². The Hall–Kier alpha value is -0.850. The second-order valence-corrected chi connectivity index (χ2v) is 3.69. The minimum Gasteiger partial charge on any atom is -0.320 e. The number of rotatable bonds is 2. The van der Waals surface area contributed by atoms with Crippen LogP contribution in [0.1, 0.15) is 0 Å². The van der Waals surface area contributed by atoms with Crippen LogP contribution in [0.4, 0.5) is 0 Å². The second-order valence-electron chi connectivity index (χ2n) is 3.69. The molecule has 0 bridgehead atoms. The normalized spacial score (nSPS) is 21.3. The first-order chi connectivity index (χ1) is 5.66. The van der Waals surface area contributed by atoms with Gasteiger partial charge in [0.15, 0.2) is 0 Å². The average molecular weight is 166 g/mol. The summed E-state index contributed by atoms with van der Waals surface area (Å²) in [5, 5.41) is 11.9. The largest absolute Gasteiger partial charge is 0.320 e. The first kappa shape index (κ1) is 9.24. The van der Waals surface area contributed by atoms with Crippen LogP contribution in [0, 0.1) is 11.3 Å². The number of nitriles is 1. The Labute approximate surface area is 73.9 Å². The predicted molar refractivity (Wildman–Crippen MR) is 48.4 cm³/mol. The van der Waals surface area contributed by atoms with Gasteiger partial charge in [-0.2, -0.15) is 5.26 Å². The summed E-state index contributed by atoms with van der Waals surface area (Å²) in [7, 11) is 2.18. The summed E-state index contributed by atoms with van der Waals surface area (Å²) in [4.78, 5) is 0. The maximum atomic E-state index is 8.60. The Bertz CT molecular complexity index is 208. The van der Waals surface area contributed by atoms with Crippen LogP contribution in [-0.4, -0.2) is 44.3 Å². The van der Waals surface area contributed by atoms with Crippen molar-refractivity contribution in [1.29, 1.82) is 5.26 Å². The van der Waals surface area contributed by atoms with E-state index in [1.54, 1.807) is 0 Å². The third kappa shape index (κ3) is 2.33. The lowest BCUT2D eigenvalue weighted by Crippen LogP contribution is -2.56. The fourth-order valence-corrected chi connectivity index (χ4v) is 1.59. The van der Waals surface area contributed by atoms with Crippen molar-refractivity contribution in [3.05, 3.63) is 12.2 Å². The zero-order chi connectivity index (χ0) is 9.03. The number of nitrogens with zero attached hydrogens (tertiary/aromatic N) is 2. The van der Waals surface area contributed by atoms with E-state index in [1.165, 1.54) is 0 Å². The molecular weight excluding hydrogens is 150 g/mol. The third-order valence-electron chi connectivity index (χ3n) is 2.39. The van der Waals surface area contributed by atoms with E-state index in [0.29, 0.717) is 5.57 Å². The Morgan fingerprint density at radius 3 is 2.67 bits per heavy atom. The standard InChI is InChI=1S/C9H16N3/c1-9(7-10)8-12(2)5-3-11-4-6-12/h11H,1,3-6,8H2,2H3/q+1. The highest BCUT2D eigenvalue weighted by molar-refractivity contribution is 5.15. The van der Waals surface area contributed by atoms with E-state index in [9.17, 15) is 0 Å². The summed E-state index contributed by atoms with van der Waals surface area (Å²) in [6.45, 7) is 8.82. The van der Waals surface area contributed by atoms with E-state index >= 15 is 0 Å². The molecule has 3 nitrogen and oxygen atoms in total. The van der Waals surface area contributed by atoms with Crippen LogP contribution >= 0.6 is 0 Å². The highest BCUT2D eigenvalue weighted by atomic mass is 15.4. The molecule has 0 spiro atoms. The smallest absolute Gasteiger partial charge is 0.114 e. The van der Waals surface area contributed by atoms with Crippen LogP contribution < -0.4 is 5.32 Å². The predicted octanol–water partition coefficient (Wildman–Crippen LogP) is 0.116. The zero-order valence-corrected chi connectivity index (χ0v) is 7.64. The summed E-state index contributed by atoms with van der Waals surface area (Å²) in [6, 6.07) is 2.11. The Kier molecular flexibility index (Phi) is 2.85. The van der Waals surface area contributed by atoms with Crippen LogP contribution in [0.15, 0.2) is 12.2 Å². The number of quaternary nitrogens is 1. The monoisotopic (exact) mass is 166 g/mol. The lowest BCUT2D eigenvalue weighted by atomic mass is 10.2. The van der Waals surface area contributed by atoms with Crippen LogP contribution in [-0.2, 0) is 0 Å². The molecule has 0 aromatic rings. The summed E-state index contributed by atoms with van der Waals surface area (Å²) in [5.41, 5.74) is 0.694. The minimum absolute atomic E-state index is 0.694. The number of nitrogens with one attached hydrogen (secondary N) is 1. The van der Waals surface area contributed by atoms with E-state index in [1.807, 2.05) is 0 Å². The Morgan fingerprint density at radius 2 is 2.17 bits per heavy atom. The molecule has 1 saturated heterocycles. The van der Waals surface area contributed by atoms with Crippen LogP contribution in [0.2, 0.25) is 0 Å². The van der Waals surface area contributed by atoms with Crippen LogP contribution in [0.5, 0.6) is 0 Å². The fourth-order valence-electron chi connectivity index (χ4n) is 1.59. The van der Waals surface area contributed by atoms with E-state index < -0.39 is 0 Å². The van der Waals surface area contributed by atoms with Gasteiger partial charge in [0.1, 0.15) is 6.54 Å². The van der Waals surface area contributed by atoms with Crippen molar-refractivity contribution in [3.63, 3.8) is 0 Å². The lowest BCUT2D eigenvalue weighted by molar-refractivity contribution is -0.906. The molecule has 66 valence electrons. The first-order valence-corrected chi connectivity index (χ1v) is 4.28. The lowest BCUT2D eigenvalue weighted by Gasteiger charge is -2.37. The van der Waals surface area contributed by atoms with Crippen molar-refractivity contribution >= 4 is 0 Å². The molecule has 0 amide bonds. The van der Waals surface area contributed by atoms with Gasteiger partial charge in [-0.3, -0.25) is 0 Å². The zero-order valence-electron chi connectivity index (χ0n) is 7.64. The molecule has 0 radical (unpaired) electrons. The summed E-state index contributed by atoms with van der Waals surface area (Å²) in [6.07, 6.45) is 0. The first-order valence-electron chi connectivity index (χ1n) is 4.28. The van der Waals surface area contributed by atoms with E-state index in [4.69, 9.17) is 5.26 Å². The maximum absolute atomic E-state index is 8.60. The average Bonchev–Trinajstić information content (AvgIpc) is 2.05. The van der Waals surface area contributed by atoms with Gasteiger partial charge in [0.25, 0.3) is 0 Å². The molecule has 0 aliphatic carbocycles.